The first-order chi connectivity index (χ1) is 33.4. The molecule has 1 fully saturated rings. The van der Waals surface area contributed by atoms with Gasteiger partial charge in [-0.05, 0) is 64.6 Å². The van der Waals surface area contributed by atoms with Crippen LogP contribution in [0.1, 0.15) is 53.0 Å². The molecule has 2 aliphatic rings. The maximum atomic E-state index is 14.9. The number of nitrogens with one attached hydrogen (secondary N) is 5. The Morgan fingerprint density at radius 1 is 0.855 bits per heavy atom. The average molecular weight is 939 g/mol. The lowest BCUT2D eigenvalue weighted by atomic mass is 9.74. The third-order valence-corrected chi connectivity index (χ3v) is 12.2. The fourth-order valence-corrected chi connectivity index (χ4v) is 8.55. The van der Waals surface area contributed by atoms with Crippen molar-refractivity contribution in [3.05, 3.63) is 143 Å². The van der Waals surface area contributed by atoms with Crippen LogP contribution >= 0.6 is 0 Å². The zero-order valence-corrected chi connectivity index (χ0v) is 38.3. The fourth-order valence-electron chi connectivity index (χ4n) is 8.55. The van der Waals surface area contributed by atoms with Crippen LogP contribution in [0.25, 0.3) is 11.1 Å². The Morgan fingerprint density at radius 3 is 2.25 bits per heavy atom. The van der Waals surface area contributed by atoms with Crippen LogP contribution in [-0.4, -0.2) is 109 Å². The molecular weight excluding hydrogens is 881 g/mol. The molecule has 2 aliphatic heterocycles. The summed E-state index contributed by atoms with van der Waals surface area (Å²) in [5.41, 5.74) is 9.06. The summed E-state index contributed by atoms with van der Waals surface area (Å²) in [6.07, 6.45) is 3.38. The molecule has 6 amide bonds. The summed E-state index contributed by atoms with van der Waals surface area (Å²) in [5.74, 6) is -5.47. The van der Waals surface area contributed by atoms with Crippen LogP contribution in [0.3, 0.4) is 0 Å². The second kappa shape index (κ2) is 24.9. The smallest absolute Gasteiger partial charge is 0.325 e. The van der Waals surface area contributed by atoms with E-state index in [-0.39, 0.29) is 58.5 Å². The molecule has 0 aliphatic carbocycles. The summed E-state index contributed by atoms with van der Waals surface area (Å²) >= 11 is 0. The van der Waals surface area contributed by atoms with Gasteiger partial charge in [0.2, 0.25) is 35.4 Å². The minimum absolute atomic E-state index is 0.000641. The van der Waals surface area contributed by atoms with E-state index in [1.54, 1.807) is 54.6 Å². The molecule has 69 heavy (non-hydrogen) atoms. The largest absolute Gasteiger partial charge is 0.480 e. The maximum Gasteiger partial charge on any atom is 0.325 e. The number of nitrogens with two attached hydrogens (primary N) is 1. The Kier molecular flexibility index (Phi) is 18.3. The number of carboxylic acid groups (broad SMARTS) is 1. The highest BCUT2D eigenvalue weighted by molar-refractivity contribution is 5.97. The number of benzene rings is 4. The van der Waals surface area contributed by atoms with E-state index >= 15 is 0 Å². The number of hydrogen-bond acceptors (Lipinski definition) is 10. The number of hydrogen-bond donors (Lipinski definition) is 7. The van der Waals surface area contributed by atoms with Gasteiger partial charge in [0.25, 0.3) is 0 Å². The number of piperidine rings is 1. The molecule has 4 aromatic carbocycles. The fraction of sp³-hybridized carbons (Fsp3) is 0.346. The molecule has 17 nitrogen and oxygen atoms in total. The van der Waals surface area contributed by atoms with Crippen molar-refractivity contribution in [1.29, 1.82) is 5.26 Å². The van der Waals surface area contributed by atoms with Crippen molar-refractivity contribution in [2.24, 2.45) is 11.1 Å². The summed E-state index contributed by atoms with van der Waals surface area (Å²) < 4.78 is 5.36. The van der Waals surface area contributed by atoms with Crippen molar-refractivity contribution in [3.63, 3.8) is 0 Å². The Balaban J connectivity index is 1.30. The maximum absolute atomic E-state index is 14.9. The lowest BCUT2D eigenvalue weighted by Gasteiger charge is -2.42. The average Bonchev–Trinajstić information content (AvgIpc) is 3.35. The van der Waals surface area contributed by atoms with Gasteiger partial charge in [-0.1, -0.05) is 103 Å². The van der Waals surface area contributed by atoms with Gasteiger partial charge in [-0.25, -0.2) is 0 Å². The van der Waals surface area contributed by atoms with Gasteiger partial charge in [-0.2, -0.15) is 5.26 Å². The Labute approximate surface area is 400 Å². The molecule has 4 atom stereocenters. The van der Waals surface area contributed by atoms with Crippen molar-refractivity contribution in [2.45, 2.75) is 63.1 Å². The number of ether oxygens (including phenoxy) is 1. The molecule has 0 saturated carbocycles. The number of amides is 6. The zero-order valence-electron chi connectivity index (χ0n) is 38.3. The molecule has 2 bridgehead atoms. The van der Waals surface area contributed by atoms with Gasteiger partial charge in [0.1, 0.15) is 12.1 Å². The highest BCUT2D eigenvalue weighted by atomic mass is 16.5. The first-order valence-corrected chi connectivity index (χ1v) is 23.0. The van der Waals surface area contributed by atoms with Crippen LogP contribution in [0.15, 0.2) is 115 Å². The second-order valence-electron chi connectivity index (χ2n) is 17.1. The Hall–Kier alpha value is -7.68. The first-order valence-electron chi connectivity index (χ1n) is 23.0. The van der Waals surface area contributed by atoms with Crippen LogP contribution in [0.2, 0.25) is 0 Å². The molecule has 17 heteroatoms. The van der Waals surface area contributed by atoms with Crippen LogP contribution in [-0.2, 0) is 64.1 Å². The van der Waals surface area contributed by atoms with Crippen molar-refractivity contribution in [2.75, 3.05) is 45.9 Å². The van der Waals surface area contributed by atoms with Gasteiger partial charge < -0.3 is 47.1 Å². The van der Waals surface area contributed by atoms with Crippen LogP contribution in [0, 0.1) is 16.7 Å². The van der Waals surface area contributed by atoms with Gasteiger partial charge in [0, 0.05) is 57.8 Å². The van der Waals surface area contributed by atoms with E-state index in [0.717, 1.165) is 28.8 Å². The molecule has 0 aromatic heterocycles. The lowest BCUT2D eigenvalue weighted by molar-refractivity contribution is -0.142. The predicted molar refractivity (Wildman–Crippen MR) is 255 cm³/mol. The molecular formula is C52H58N8O9. The van der Waals surface area contributed by atoms with E-state index in [1.165, 1.54) is 4.90 Å². The normalized spacial score (nSPS) is 20.5. The highest BCUT2D eigenvalue weighted by Gasteiger charge is 2.44. The molecule has 0 radical (unpaired) electrons. The Bertz CT molecular complexity index is 2530. The molecule has 8 N–H and O–H groups in total. The van der Waals surface area contributed by atoms with E-state index < -0.39 is 64.8 Å². The summed E-state index contributed by atoms with van der Waals surface area (Å²) in [6, 6.07) is 30.2. The standard InChI is InChI=1S/C52H58N8O9/c53-23-27-69-28-25-56-48(64)43-21-24-55-45(61)19-20-47(63)60-26-6-22-52(34-60,31-36-7-2-1-3-8-36)51(68)59-44(49(65)57-33-41-10-5-4-9-40(41)30-46(62)58-43)29-35-11-13-37(14-12-35)38-15-17-39(18-16-38)42(32-54)50(66)67/h1-5,7-20,42-44H,6,21-31,33-34,53H2,(H,55,61)(H,56,64)(H,57,65)(H,58,62)(H,59,68)(H,66,67)/b20-19+/t42?,43-,44-,52-/m0/s1. The lowest BCUT2D eigenvalue weighted by Crippen LogP contribution is -2.58. The number of carbonyl (C=O) groups is 7. The third-order valence-electron chi connectivity index (χ3n) is 12.2. The predicted octanol–water partition coefficient (Wildman–Crippen LogP) is 2.44. The summed E-state index contributed by atoms with van der Waals surface area (Å²) in [5, 5.41) is 33.0. The number of nitrogens with zero attached hydrogens (tertiary/aromatic N) is 2. The van der Waals surface area contributed by atoms with Gasteiger partial charge in [-0.3, -0.25) is 33.6 Å². The number of nitriles is 1. The minimum atomic E-state index is -1.29. The van der Waals surface area contributed by atoms with Crippen LogP contribution in [0.4, 0.5) is 0 Å². The summed E-state index contributed by atoms with van der Waals surface area (Å²) in [4.78, 5) is 96.2. The third kappa shape index (κ3) is 14.4. The van der Waals surface area contributed by atoms with Crippen molar-refractivity contribution in [1.82, 2.24) is 31.5 Å². The molecule has 4 aromatic rings. The van der Waals surface area contributed by atoms with E-state index in [1.807, 2.05) is 54.6 Å². The molecule has 1 saturated heterocycles. The molecule has 0 spiro atoms. The molecule has 2 heterocycles. The minimum Gasteiger partial charge on any atom is -0.480 e. The SMILES string of the molecule is N#CC(C(=O)O)c1ccc(-c2ccc(C[C@@H]3NC(=O)[C@]4(Cc5ccccc5)CCCN(C4)C(=O)/C=C/C(=O)NCC[C@@H](C(=O)NCCOCCN)NC(=O)Cc4ccccc4CNC3=O)cc2)cc1. The highest BCUT2D eigenvalue weighted by Crippen LogP contribution is 2.35. The summed E-state index contributed by atoms with van der Waals surface area (Å²) in [7, 11) is 0. The number of carbonyl (C=O) groups excluding carboxylic acids is 6. The topological polar surface area (TPSA) is 262 Å². The van der Waals surface area contributed by atoms with Gasteiger partial charge in [-0.15, -0.1) is 0 Å². The van der Waals surface area contributed by atoms with Gasteiger partial charge >= 0.3 is 5.97 Å². The van der Waals surface area contributed by atoms with E-state index in [4.69, 9.17) is 10.5 Å². The van der Waals surface area contributed by atoms with E-state index in [9.17, 15) is 43.9 Å². The van der Waals surface area contributed by atoms with Crippen molar-refractivity contribution < 1.29 is 43.4 Å². The number of fused-ring (bicyclic) bond motifs is 3. The first kappa shape index (κ1) is 50.7. The number of aliphatic carboxylic acids is 1. The monoisotopic (exact) mass is 938 g/mol. The number of carboxylic acids is 1. The van der Waals surface area contributed by atoms with E-state index in [2.05, 4.69) is 26.6 Å². The molecule has 6 rings (SSSR count). The molecule has 360 valence electrons. The van der Waals surface area contributed by atoms with Gasteiger partial charge in [0.15, 0.2) is 5.92 Å². The van der Waals surface area contributed by atoms with Gasteiger partial charge in [0.05, 0.1) is 31.1 Å². The zero-order chi connectivity index (χ0) is 49.2. The van der Waals surface area contributed by atoms with Crippen LogP contribution in [0.5, 0.6) is 0 Å². The number of rotatable bonds is 13. The van der Waals surface area contributed by atoms with Crippen molar-refractivity contribution in [3.8, 4) is 17.2 Å². The quantitative estimate of drug-likeness (QED) is 0.0958. The molecule has 1 unspecified atom stereocenters. The summed E-state index contributed by atoms with van der Waals surface area (Å²) in [6.45, 7) is 1.35. The van der Waals surface area contributed by atoms with Crippen molar-refractivity contribution >= 4 is 41.4 Å². The second-order valence-corrected chi connectivity index (χ2v) is 17.1. The Morgan fingerprint density at radius 2 is 1.55 bits per heavy atom. The van der Waals surface area contributed by atoms with E-state index in [0.29, 0.717) is 54.8 Å². The van der Waals surface area contributed by atoms with Crippen LogP contribution < -0.4 is 32.3 Å².